The van der Waals surface area contributed by atoms with Gasteiger partial charge in [-0.15, -0.1) is 24.9 Å². The average molecular weight is 452 g/mol. The number of anilines is 1. The van der Waals surface area contributed by atoms with E-state index in [-0.39, 0.29) is 24.0 Å². The summed E-state index contributed by atoms with van der Waals surface area (Å²) in [6.45, 7) is 3.90. The summed E-state index contributed by atoms with van der Waals surface area (Å²) in [6.07, 6.45) is -4.22. The van der Waals surface area contributed by atoms with Crippen LogP contribution < -0.4 is 10.1 Å². The van der Waals surface area contributed by atoms with Gasteiger partial charge in [0.1, 0.15) is 11.8 Å². The fraction of sp³-hybridized carbons (Fsp3) is 0.364. The zero-order chi connectivity index (χ0) is 22.6. The van der Waals surface area contributed by atoms with Crippen molar-refractivity contribution in [1.29, 1.82) is 0 Å². The van der Waals surface area contributed by atoms with E-state index in [1.165, 1.54) is 36.0 Å². The maximum absolute atomic E-state index is 12.8. The molecule has 1 atom stereocenters. The van der Waals surface area contributed by atoms with Crippen LogP contribution >= 0.6 is 11.8 Å². The summed E-state index contributed by atoms with van der Waals surface area (Å²) >= 11 is 1.51. The van der Waals surface area contributed by atoms with Gasteiger partial charge >= 0.3 is 6.36 Å². The Morgan fingerprint density at radius 2 is 1.87 bits per heavy atom. The molecule has 0 spiro atoms. The third-order valence-electron chi connectivity index (χ3n) is 5.15. The number of halogens is 3. The van der Waals surface area contributed by atoms with Crippen molar-refractivity contribution in [2.45, 2.75) is 39.1 Å². The van der Waals surface area contributed by atoms with Crippen molar-refractivity contribution < 1.29 is 27.5 Å². The number of hydrogen-bond donors (Lipinski definition) is 1. The van der Waals surface area contributed by atoms with E-state index in [2.05, 4.69) is 10.1 Å². The Balaban J connectivity index is 1.57. The summed E-state index contributed by atoms with van der Waals surface area (Å²) < 4.78 is 40.6. The zero-order valence-corrected chi connectivity index (χ0v) is 18.0. The predicted molar refractivity (Wildman–Crippen MR) is 114 cm³/mol. The molecule has 0 bridgehead atoms. The topological polar surface area (TPSA) is 58.6 Å². The highest BCUT2D eigenvalue weighted by atomic mass is 32.2. The lowest BCUT2D eigenvalue weighted by atomic mass is 10.1. The molecule has 0 radical (unpaired) electrons. The fourth-order valence-corrected chi connectivity index (χ4v) is 4.44. The first kappa shape index (κ1) is 23.0. The van der Waals surface area contributed by atoms with E-state index in [1.54, 1.807) is 4.90 Å². The molecule has 3 rings (SSSR count). The second-order valence-corrected chi connectivity index (χ2v) is 8.31. The third kappa shape index (κ3) is 6.16. The van der Waals surface area contributed by atoms with E-state index < -0.39 is 12.4 Å². The van der Waals surface area contributed by atoms with Crippen LogP contribution in [0.25, 0.3) is 0 Å². The number of carbonyl (C=O) groups excluding carboxylic acids is 2. The lowest BCUT2D eigenvalue weighted by Gasteiger charge is -2.23. The third-order valence-corrected chi connectivity index (χ3v) is 6.16. The van der Waals surface area contributed by atoms with Gasteiger partial charge in [-0.3, -0.25) is 9.59 Å². The molecular weight excluding hydrogens is 429 g/mol. The number of carbonyl (C=O) groups is 2. The van der Waals surface area contributed by atoms with Crippen LogP contribution in [0.4, 0.5) is 18.9 Å². The number of hydrogen-bond acceptors (Lipinski definition) is 4. The molecule has 1 unspecified atom stereocenters. The molecule has 166 valence electrons. The van der Waals surface area contributed by atoms with Gasteiger partial charge in [-0.1, -0.05) is 24.3 Å². The Morgan fingerprint density at radius 3 is 2.55 bits per heavy atom. The molecule has 0 aliphatic carbocycles. The quantitative estimate of drug-likeness (QED) is 0.692. The van der Waals surface area contributed by atoms with Gasteiger partial charge in [-0.05, 0) is 55.2 Å². The standard InChI is InChI=1S/C22H23F3N2O3S/c1-14-4-3-5-18(15(14)2)26-21(29)19-12-31-13-27(19)20(28)11-8-16-6-9-17(10-7-16)30-22(23,24)25/h3-7,9-10,19H,8,11-13H2,1-2H3,(H,26,29). The second kappa shape index (κ2) is 9.64. The minimum atomic E-state index is -4.74. The van der Waals surface area contributed by atoms with Gasteiger partial charge in [-0.2, -0.15) is 0 Å². The van der Waals surface area contributed by atoms with Gasteiger partial charge in [0.25, 0.3) is 0 Å². The van der Waals surface area contributed by atoms with E-state index in [0.29, 0.717) is 23.6 Å². The normalized spacial score (nSPS) is 16.3. The fourth-order valence-electron chi connectivity index (χ4n) is 3.26. The molecule has 1 aliphatic rings. The molecule has 9 heteroatoms. The first-order chi connectivity index (χ1) is 14.6. The molecule has 31 heavy (non-hydrogen) atoms. The van der Waals surface area contributed by atoms with Crippen molar-refractivity contribution in [3.8, 4) is 5.75 Å². The SMILES string of the molecule is Cc1cccc(NC(=O)C2CSCN2C(=O)CCc2ccc(OC(F)(F)F)cc2)c1C. The molecule has 2 aromatic rings. The molecule has 1 N–H and O–H groups in total. The largest absolute Gasteiger partial charge is 0.573 e. The number of benzene rings is 2. The monoisotopic (exact) mass is 452 g/mol. The van der Waals surface area contributed by atoms with E-state index in [1.807, 2.05) is 32.0 Å². The predicted octanol–water partition coefficient (Wildman–Crippen LogP) is 4.67. The van der Waals surface area contributed by atoms with E-state index in [4.69, 9.17) is 0 Å². The number of rotatable bonds is 6. The average Bonchev–Trinajstić information content (AvgIpc) is 3.20. The molecule has 1 aliphatic heterocycles. The van der Waals surface area contributed by atoms with Crippen LogP contribution in [0.5, 0.6) is 5.75 Å². The van der Waals surface area contributed by atoms with Crippen molar-refractivity contribution >= 4 is 29.3 Å². The number of thioether (sulfide) groups is 1. The Hall–Kier alpha value is -2.68. The summed E-state index contributed by atoms with van der Waals surface area (Å²) in [5, 5.41) is 2.92. The van der Waals surface area contributed by atoms with Crippen LogP contribution in [0.2, 0.25) is 0 Å². The van der Waals surface area contributed by atoms with E-state index in [9.17, 15) is 22.8 Å². The van der Waals surface area contributed by atoms with Gasteiger partial charge in [-0.25, -0.2) is 0 Å². The Morgan fingerprint density at radius 1 is 1.16 bits per heavy atom. The summed E-state index contributed by atoms with van der Waals surface area (Å²) in [5.74, 6) is 0.262. The Kier molecular flexibility index (Phi) is 7.15. The highest BCUT2D eigenvalue weighted by Gasteiger charge is 2.34. The molecule has 5 nitrogen and oxygen atoms in total. The maximum atomic E-state index is 12.8. The van der Waals surface area contributed by atoms with Crippen molar-refractivity contribution in [1.82, 2.24) is 4.90 Å². The molecule has 2 amide bonds. The van der Waals surface area contributed by atoms with Gasteiger partial charge < -0.3 is 15.0 Å². The summed E-state index contributed by atoms with van der Waals surface area (Å²) in [7, 11) is 0. The lowest BCUT2D eigenvalue weighted by Crippen LogP contribution is -2.44. The van der Waals surface area contributed by atoms with Crippen molar-refractivity contribution in [3.63, 3.8) is 0 Å². The van der Waals surface area contributed by atoms with Crippen LogP contribution in [-0.2, 0) is 16.0 Å². The number of nitrogens with zero attached hydrogens (tertiary/aromatic N) is 1. The molecule has 1 saturated heterocycles. The number of amides is 2. The summed E-state index contributed by atoms with van der Waals surface area (Å²) in [4.78, 5) is 27.1. The molecule has 1 heterocycles. The van der Waals surface area contributed by atoms with E-state index in [0.717, 1.165) is 16.8 Å². The minimum absolute atomic E-state index is 0.160. The first-order valence-electron chi connectivity index (χ1n) is 9.73. The summed E-state index contributed by atoms with van der Waals surface area (Å²) in [6, 6.07) is 10.6. The number of ether oxygens (including phenoxy) is 1. The van der Waals surface area contributed by atoms with Gasteiger partial charge in [0.15, 0.2) is 0 Å². The molecular formula is C22H23F3N2O3S. The minimum Gasteiger partial charge on any atom is -0.406 e. The molecule has 0 saturated carbocycles. The summed E-state index contributed by atoms with van der Waals surface area (Å²) in [5.41, 5.74) is 3.50. The second-order valence-electron chi connectivity index (χ2n) is 7.31. The van der Waals surface area contributed by atoms with Crippen molar-refractivity contribution in [2.75, 3.05) is 16.9 Å². The number of aryl methyl sites for hydroxylation is 2. The van der Waals surface area contributed by atoms with E-state index >= 15 is 0 Å². The van der Waals surface area contributed by atoms with Gasteiger partial charge in [0.2, 0.25) is 11.8 Å². The van der Waals surface area contributed by atoms with Crippen LogP contribution in [0.3, 0.4) is 0 Å². The van der Waals surface area contributed by atoms with Crippen molar-refractivity contribution in [2.24, 2.45) is 0 Å². The van der Waals surface area contributed by atoms with Crippen molar-refractivity contribution in [3.05, 3.63) is 59.2 Å². The smallest absolute Gasteiger partial charge is 0.406 e. The lowest BCUT2D eigenvalue weighted by molar-refractivity contribution is -0.274. The number of alkyl halides is 3. The van der Waals surface area contributed by atoms with Gasteiger partial charge in [0.05, 0.1) is 5.88 Å². The maximum Gasteiger partial charge on any atom is 0.573 e. The molecule has 1 fully saturated rings. The van der Waals surface area contributed by atoms with Crippen LogP contribution in [-0.4, -0.2) is 40.7 Å². The zero-order valence-electron chi connectivity index (χ0n) is 17.2. The van der Waals surface area contributed by atoms with Crippen LogP contribution in [0, 0.1) is 13.8 Å². The number of nitrogens with one attached hydrogen (secondary N) is 1. The molecule has 0 aromatic heterocycles. The Labute approximate surface area is 182 Å². The molecule has 2 aromatic carbocycles. The first-order valence-corrected chi connectivity index (χ1v) is 10.9. The van der Waals surface area contributed by atoms with Crippen LogP contribution in [0.1, 0.15) is 23.1 Å². The highest BCUT2D eigenvalue weighted by molar-refractivity contribution is 7.99. The van der Waals surface area contributed by atoms with Gasteiger partial charge in [0, 0.05) is 17.9 Å². The highest BCUT2D eigenvalue weighted by Crippen LogP contribution is 2.26. The van der Waals surface area contributed by atoms with Crippen LogP contribution in [0.15, 0.2) is 42.5 Å². The Bertz CT molecular complexity index is 948.